The van der Waals surface area contributed by atoms with E-state index in [0.717, 1.165) is 11.1 Å². The van der Waals surface area contributed by atoms with Crippen molar-refractivity contribution in [2.75, 3.05) is 42.7 Å². The molecule has 1 aliphatic heterocycles. The molecule has 3 rings (SSSR count). The standard InChI is InChI=1S/C24H32O7/c1-13-14(2)22(16-11-19(27-5)24(30-8)20(12-16)28-6)31-21(13)15-9-17(25-3)23(29-7)18(10-15)26-4/h9-14,21-22H,1-8H3/t13-,14-,21+,22+/m1/s1. The van der Waals surface area contributed by atoms with Gasteiger partial charge in [-0.25, -0.2) is 0 Å². The fourth-order valence-corrected chi connectivity index (χ4v) is 4.25. The van der Waals surface area contributed by atoms with Crippen LogP contribution in [0.3, 0.4) is 0 Å². The van der Waals surface area contributed by atoms with E-state index in [1.165, 1.54) is 0 Å². The zero-order valence-electron chi connectivity index (χ0n) is 19.5. The van der Waals surface area contributed by atoms with Crippen LogP contribution in [-0.4, -0.2) is 42.7 Å². The van der Waals surface area contributed by atoms with Crippen LogP contribution in [0.2, 0.25) is 0 Å². The molecule has 1 saturated heterocycles. The molecule has 2 aromatic rings. The maximum atomic E-state index is 6.60. The number of methoxy groups -OCH3 is 6. The van der Waals surface area contributed by atoms with E-state index in [1.807, 2.05) is 24.3 Å². The fraction of sp³-hybridized carbons (Fsp3) is 0.500. The highest BCUT2D eigenvalue weighted by atomic mass is 16.5. The van der Waals surface area contributed by atoms with E-state index in [9.17, 15) is 0 Å². The normalized spacial score (nSPS) is 22.7. The predicted octanol–water partition coefficient (Wildman–Crippen LogP) is 4.82. The molecule has 2 aromatic carbocycles. The summed E-state index contributed by atoms with van der Waals surface area (Å²) in [4.78, 5) is 0. The van der Waals surface area contributed by atoms with Crippen molar-refractivity contribution in [2.45, 2.75) is 26.1 Å². The first kappa shape index (κ1) is 22.9. The average Bonchev–Trinajstić information content (AvgIpc) is 3.11. The van der Waals surface area contributed by atoms with Crippen LogP contribution >= 0.6 is 0 Å². The molecule has 4 atom stereocenters. The molecular weight excluding hydrogens is 400 g/mol. The Morgan fingerprint density at radius 3 is 1.03 bits per heavy atom. The van der Waals surface area contributed by atoms with Crippen LogP contribution in [0, 0.1) is 11.8 Å². The first-order valence-electron chi connectivity index (χ1n) is 10.2. The highest BCUT2D eigenvalue weighted by molar-refractivity contribution is 5.56. The molecule has 1 aliphatic rings. The molecule has 0 amide bonds. The van der Waals surface area contributed by atoms with E-state index < -0.39 is 0 Å². The van der Waals surface area contributed by atoms with Gasteiger partial charge in [0, 0.05) is 0 Å². The predicted molar refractivity (Wildman–Crippen MR) is 117 cm³/mol. The van der Waals surface area contributed by atoms with Gasteiger partial charge in [-0.2, -0.15) is 0 Å². The molecule has 0 bridgehead atoms. The highest BCUT2D eigenvalue weighted by Crippen LogP contribution is 2.53. The fourth-order valence-electron chi connectivity index (χ4n) is 4.25. The number of benzene rings is 2. The monoisotopic (exact) mass is 432 g/mol. The lowest BCUT2D eigenvalue weighted by molar-refractivity contribution is 0.0285. The summed E-state index contributed by atoms with van der Waals surface area (Å²) in [5, 5.41) is 0. The molecule has 0 aliphatic carbocycles. The van der Waals surface area contributed by atoms with E-state index in [2.05, 4.69) is 13.8 Å². The second kappa shape index (κ2) is 9.56. The smallest absolute Gasteiger partial charge is 0.203 e. The van der Waals surface area contributed by atoms with Gasteiger partial charge in [0.1, 0.15) is 0 Å². The minimum Gasteiger partial charge on any atom is -0.493 e. The molecule has 0 saturated carbocycles. The Morgan fingerprint density at radius 2 is 0.806 bits per heavy atom. The zero-order valence-corrected chi connectivity index (χ0v) is 19.5. The van der Waals surface area contributed by atoms with Gasteiger partial charge in [-0.05, 0) is 47.2 Å². The molecule has 0 aromatic heterocycles. The molecule has 0 unspecified atom stereocenters. The van der Waals surface area contributed by atoms with Gasteiger partial charge in [-0.15, -0.1) is 0 Å². The van der Waals surface area contributed by atoms with Gasteiger partial charge in [0.15, 0.2) is 23.0 Å². The maximum Gasteiger partial charge on any atom is 0.203 e. The Kier molecular flexibility index (Phi) is 7.05. The summed E-state index contributed by atoms with van der Waals surface area (Å²) < 4.78 is 39.6. The topological polar surface area (TPSA) is 64.6 Å². The zero-order chi connectivity index (χ0) is 22.7. The summed E-state index contributed by atoms with van der Waals surface area (Å²) in [6.07, 6.45) is -0.291. The maximum absolute atomic E-state index is 6.60. The Morgan fingerprint density at radius 1 is 0.516 bits per heavy atom. The van der Waals surface area contributed by atoms with Crippen LogP contribution in [0.25, 0.3) is 0 Å². The lowest BCUT2D eigenvalue weighted by atomic mass is 9.85. The van der Waals surface area contributed by atoms with Gasteiger partial charge < -0.3 is 33.2 Å². The largest absolute Gasteiger partial charge is 0.493 e. The summed E-state index contributed by atoms with van der Waals surface area (Å²) in [6, 6.07) is 7.80. The Hall–Kier alpha value is -2.80. The van der Waals surface area contributed by atoms with Crippen LogP contribution in [0.5, 0.6) is 34.5 Å². The van der Waals surface area contributed by atoms with Crippen molar-refractivity contribution in [1.29, 1.82) is 0 Å². The van der Waals surface area contributed by atoms with Crippen LogP contribution in [0.1, 0.15) is 37.2 Å². The van der Waals surface area contributed by atoms with Gasteiger partial charge in [0.05, 0.1) is 54.9 Å². The molecule has 170 valence electrons. The number of hydrogen-bond acceptors (Lipinski definition) is 7. The first-order chi connectivity index (χ1) is 14.9. The average molecular weight is 433 g/mol. The molecule has 1 heterocycles. The minimum absolute atomic E-state index is 0.146. The minimum atomic E-state index is -0.146. The Balaban J connectivity index is 2.01. The third kappa shape index (κ3) is 4.06. The van der Waals surface area contributed by atoms with E-state index in [0.29, 0.717) is 34.5 Å². The van der Waals surface area contributed by atoms with E-state index in [4.69, 9.17) is 33.2 Å². The molecule has 7 heteroatoms. The SMILES string of the molecule is COc1cc([C@H]2O[C@H](c3cc(OC)c(OC)c(OC)c3)[C@H](C)[C@H]2C)cc(OC)c1OC. The summed E-state index contributed by atoms with van der Waals surface area (Å²) in [5.74, 6) is 4.04. The van der Waals surface area contributed by atoms with Gasteiger partial charge >= 0.3 is 0 Å². The first-order valence-corrected chi connectivity index (χ1v) is 10.2. The molecule has 31 heavy (non-hydrogen) atoms. The highest BCUT2D eigenvalue weighted by Gasteiger charge is 2.41. The van der Waals surface area contributed by atoms with Crippen molar-refractivity contribution in [1.82, 2.24) is 0 Å². The molecule has 0 spiro atoms. The van der Waals surface area contributed by atoms with Crippen LogP contribution in [0.4, 0.5) is 0 Å². The van der Waals surface area contributed by atoms with E-state index in [-0.39, 0.29) is 24.0 Å². The molecule has 7 nitrogen and oxygen atoms in total. The lowest BCUT2D eigenvalue weighted by Gasteiger charge is -2.20. The molecule has 1 fully saturated rings. The van der Waals surface area contributed by atoms with E-state index >= 15 is 0 Å². The number of hydrogen-bond donors (Lipinski definition) is 0. The second-order valence-corrected chi connectivity index (χ2v) is 7.61. The molecule has 0 radical (unpaired) electrons. The summed E-state index contributed by atoms with van der Waals surface area (Å²) in [6.45, 7) is 4.38. The Labute approximate surface area is 184 Å². The van der Waals surface area contributed by atoms with Crippen molar-refractivity contribution in [3.8, 4) is 34.5 Å². The number of ether oxygens (including phenoxy) is 7. The van der Waals surface area contributed by atoms with Crippen molar-refractivity contribution in [2.24, 2.45) is 11.8 Å². The van der Waals surface area contributed by atoms with Gasteiger partial charge in [-0.3, -0.25) is 0 Å². The second-order valence-electron chi connectivity index (χ2n) is 7.61. The Bertz CT molecular complexity index is 787. The summed E-state index contributed by atoms with van der Waals surface area (Å²) in [7, 11) is 9.64. The summed E-state index contributed by atoms with van der Waals surface area (Å²) in [5.41, 5.74) is 1.95. The van der Waals surface area contributed by atoms with Crippen LogP contribution in [-0.2, 0) is 4.74 Å². The van der Waals surface area contributed by atoms with Gasteiger partial charge in [0.25, 0.3) is 0 Å². The van der Waals surface area contributed by atoms with Gasteiger partial charge in [-0.1, -0.05) is 13.8 Å². The van der Waals surface area contributed by atoms with Crippen molar-refractivity contribution in [3.05, 3.63) is 35.4 Å². The molecular formula is C24H32O7. The van der Waals surface area contributed by atoms with Crippen molar-refractivity contribution >= 4 is 0 Å². The summed E-state index contributed by atoms with van der Waals surface area (Å²) >= 11 is 0. The van der Waals surface area contributed by atoms with Crippen LogP contribution < -0.4 is 28.4 Å². The van der Waals surface area contributed by atoms with E-state index in [1.54, 1.807) is 42.7 Å². The van der Waals surface area contributed by atoms with Crippen LogP contribution in [0.15, 0.2) is 24.3 Å². The third-order valence-corrected chi connectivity index (χ3v) is 6.11. The lowest BCUT2D eigenvalue weighted by Crippen LogP contribution is -2.10. The quantitative estimate of drug-likeness (QED) is 0.592. The number of rotatable bonds is 8. The van der Waals surface area contributed by atoms with Gasteiger partial charge in [0.2, 0.25) is 11.5 Å². The van der Waals surface area contributed by atoms with Crippen molar-refractivity contribution < 1.29 is 33.2 Å². The molecule has 0 N–H and O–H groups in total. The third-order valence-electron chi connectivity index (χ3n) is 6.11. The van der Waals surface area contributed by atoms with Crippen molar-refractivity contribution in [3.63, 3.8) is 0 Å².